The van der Waals surface area contributed by atoms with Crippen LogP contribution in [0.1, 0.15) is 18.1 Å². The Bertz CT molecular complexity index is 983. The van der Waals surface area contributed by atoms with Crippen LogP contribution in [0.3, 0.4) is 0 Å². The zero-order valence-electron chi connectivity index (χ0n) is 14.8. The van der Waals surface area contributed by atoms with E-state index in [1.165, 1.54) is 19.2 Å². The lowest BCUT2D eigenvalue weighted by Gasteiger charge is -2.23. The second-order valence-electron chi connectivity index (χ2n) is 6.04. The maximum atomic E-state index is 13.3. The third kappa shape index (κ3) is 3.27. The fourth-order valence-electron chi connectivity index (χ4n) is 2.98. The number of carbonyl (C=O) groups is 1. The number of nitrogens with zero attached hydrogens (tertiary/aromatic N) is 3. The lowest BCUT2D eigenvalue weighted by molar-refractivity contribution is -0.137. The van der Waals surface area contributed by atoms with Gasteiger partial charge in [0.15, 0.2) is 5.11 Å². The van der Waals surface area contributed by atoms with Crippen LogP contribution in [0.15, 0.2) is 42.5 Å². The minimum Gasteiger partial charge on any atom is -0.497 e. The molecular formula is C19H14F3N3O2S. The van der Waals surface area contributed by atoms with Gasteiger partial charge >= 0.3 is 6.18 Å². The summed E-state index contributed by atoms with van der Waals surface area (Å²) in [6.45, 7) is 1.62. The van der Waals surface area contributed by atoms with Crippen molar-refractivity contribution in [1.29, 1.82) is 5.26 Å². The van der Waals surface area contributed by atoms with Crippen LogP contribution in [0.5, 0.6) is 5.75 Å². The molecule has 0 aliphatic carbocycles. The molecule has 0 radical (unpaired) electrons. The highest BCUT2D eigenvalue weighted by Crippen LogP contribution is 2.37. The molecule has 2 aromatic rings. The van der Waals surface area contributed by atoms with E-state index in [-0.39, 0.29) is 10.8 Å². The quantitative estimate of drug-likeness (QED) is 0.720. The molecule has 0 N–H and O–H groups in total. The van der Waals surface area contributed by atoms with Crippen LogP contribution in [0.2, 0.25) is 0 Å². The normalized spacial score (nSPS) is 17.1. The molecule has 28 heavy (non-hydrogen) atoms. The topological polar surface area (TPSA) is 56.6 Å². The fourth-order valence-corrected chi connectivity index (χ4v) is 3.44. The van der Waals surface area contributed by atoms with Crippen LogP contribution < -0.4 is 14.5 Å². The van der Waals surface area contributed by atoms with Crippen molar-refractivity contribution >= 4 is 34.6 Å². The van der Waals surface area contributed by atoms with Gasteiger partial charge in [0.05, 0.1) is 30.0 Å². The first-order valence-corrected chi connectivity index (χ1v) is 8.52. The summed E-state index contributed by atoms with van der Waals surface area (Å²) in [5.74, 6) is 0.158. The molecule has 2 aromatic carbocycles. The molecule has 144 valence electrons. The second kappa shape index (κ2) is 7.13. The Morgan fingerprint density at radius 3 is 2.29 bits per heavy atom. The fraction of sp³-hybridized carbons (Fsp3) is 0.211. The van der Waals surface area contributed by atoms with E-state index in [2.05, 4.69) is 0 Å². The first-order valence-electron chi connectivity index (χ1n) is 8.11. The summed E-state index contributed by atoms with van der Waals surface area (Å²) in [6, 6.07) is 10.7. The minimum absolute atomic E-state index is 0.0378. The Kier molecular flexibility index (Phi) is 5.00. The van der Waals surface area contributed by atoms with Crippen LogP contribution >= 0.6 is 12.2 Å². The summed E-state index contributed by atoms with van der Waals surface area (Å²) in [5.41, 5.74) is -1.06. The maximum absolute atomic E-state index is 13.3. The molecule has 1 unspecified atom stereocenters. The van der Waals surface area contributed by atoms with Gasteiger partial charge in [-0.2, -0.15) is 18.4 Å². The first-order chi connectivity index (χ1) is 13.2. The SMILES string of the molecule is COc1ccc(N2C(=S)N(c3ccc(C#N)c(C(F)(F)F)c3)C(=O)C2C)cc1. The number of halogens is 3. The number of thiocarbonyl (C=S) groups is 1. The van der Waals surface area contributed by atoms with Crippen molar-refractivity contribution in [2.45, 2.75) is 19.1 Å². The molecule has 1 atom stereocenters. The predicted molar refractivity (Wildman–Crippen MR) is 101 cm³/mol. The van der Waals surface area contributed by atoms with Crippen molar-refractivity contribution in [1.82, 2.24) is 0 Å². The first kappa shape index (κ1) is 19.6. The predicted octanol–water partition coefficient (Wildman–Crippen LogP) is 4.11. The second-order valence-corrected chi connectivity index (χ2v) is 6.40. The number of nitriles is 1. The number of anilines is 2. The van der Waals surface area contributed by atoms with Crippen molar-refractivity contribution < 1.29 is 22.7 Å². The number of rotatable bonds is 3. The van der Waals surface area contributed by atoms with Gasteiger partial charge in [-0.05, 0) is 61.6 Å². The zero-order valence-corrected chi connectivity index (χ0v) is 15.6. The average Bonchev–Trinajstić information content (AvgIpc) is 2.89. The number of ether oxygens (including phenoxy) is 1. The number of methoxy groups -OCH3 is 1. The van der Waals surface area contributed by atoms with Crippen molar-refractivity contribution in [3.63, 3.8) is 0 Å². The Morgan fingerprint density at radius 1 is 1.14 bits per heavy atom. The number of benzene rings is 2. The average molecular weight is 405 g/mol. The number of hydrogen-bond acceptors (Lipinski definition) is 4. The highest BCUT2D eigenvalue weighted by Gasteiger charge is 2.42. The number of carbonyl (C=O) groups excluding carboxylic acids is 1. The van der Waals surface area contributed by atoms with Gasteiger partial charge in [-0.3, -0.25) is 9.69 Å². The molecule has 5 nitrogen and oxygen atoms in total. The Balaban J connectivity index is 2.03. The molecule has 0 bridgehead atoms. The van der Waals surface area contributed by atoms with Crippen LogP contribution in [0, 0.1) is 11.3 Å². The van der Waals surface area contributed by atoms with Gasteiger partial charge in [-0.25, -0.2) is 0 Å². The summed E-state index contributed by atoms with van der Waals surface area (Å²) in [5, 5.41) is 9.00. The van der Waals surface area contributed by atoms with E-state index < -0.39 is 29.3 Å². The molecule has 3 rings (SSSR count). The van der Waals surface area contributed by atoms with Gasteiger partial charge < -0.3 is 9.64 Å². The van der Waals surface area contributed by atoms with Crippen molar-refractivity contribution in [3.8, 4) is 11.8 Å². The molecule has 0 saturated carbocycles. The van der Waals surface area contributed by atoms with Crippen molar-refractivity contribution in [2.75, 3.05) is 16.9 Å². The van der Waals surface area contributed by atoms with Gasteiger partial charge in [0, 0.05) is 5.69 Å². The van der Waals surface area contributed by atoms with Gasteiger partial charge in [0.25, 0.3) is 5.91 Å². The van der Waals surface area contributed by atoms with Crippen LogP contribution in [-0.2, 0) is 11.0 Å². The smallest absolute Gasteiger partial charge is 0.417 e. The molecule has 0 aromatic heterocycles. The van der Waals surface area contributed by atoms with Gasteiger partial charge in [0.1, 0.15) is 11.8 Å². The molecule has 0 spiro atoms. The summed E-state index contributed by atoms with van der Waals surface area (Å²) in [7, 11) is 1.52. The van der Waals surface area contributed by atoms with E-state index in [9.17, 15) is 18.0 Å². The Labute approximate surface area is 164 Å². The third-order valence-electron chi connectivity index (χ3n) is 4.40. The Hall–Kier alpha value is -3.12. The molecule has 1 saturated heterocycles. The van der Waals surface area contributed by atoms with Gasteiger partial charge in [0.2, 0.25) is 0 Å². The highest BCUT2D eigenvalue weighted by atomic mass is 32.1. The van der Waals surface area contributed by atoms with E-state index in [4.69, 9.17) is 22.2 Å². The van der Waals surface area contributed by atoms with Crippen molar-refractivity contribution in [2.24, 2.45) is 0 Å². The van der Waals surface area contributed by atoms with Gasteiger partial charge in [-0.15, -0.1) is 0 Å². The lowest BCUT2D eigenvalue weighted by atomic mass is 10.1. The number of alkyl halides is 3. The summed E-state index contributed by atoms with van der Waals surface area (Å²) in [6.07, 6.45) is -4.73. The maximum Gasteiger partial charge on any atom is 0.417 e. The largest absolute Gasteiger partial charge is 0.497 e. The molecular weight excluding hydrogens is 391 g/mol. The van der Waals surface area contributed by atoms with Crippen LogP contribution in [-0.4, -0.2) is 24.2 Å². The minimum atomic E-state index is -4.73. The Morgan fingerprint density at radius 2 is 1.75 bits per heavy atom. The molecule has 9 heteroatoms. The van der Waals surface area contributed by atoms with Crippen LogP contribution in [0.4, 0.5) is 24.5 Å². The lowest BCUT2D eigenvalue weighted by Crippen LogP contribution is -2.33. The van der Waals surface area contributed by atoms with E-state index in [0.717, 1.165) is 17.0 Å². The summed E-state index contributed by atoms with van der Waals surface area (Å²) >= 11 is 5.39. The monoisotopic (exact) mass is 405 g/mol. The summed E-state index contributed by atoms with van der Waals surface area (Å²) < 4.78 is 44.9. The van der Waals surface area contributed by atoms with Gasteiger partial charge in [-0.1, -0.05) is 0 Å². The molecule has 1 aliphatic heterocycles. The van der Waals surface area contributed by atoms with E-state index >= 15 is 0 Å². The van der Waals surface area contributed by atoms with E-state index in [0.29, 0.717) is 11.4 Å². The van der Waals surface area contributed by atoms with Crippen molar-refractivity contribution in [3.05, 3.63) is 53.6 Å². The number of hydrogen-bond donors (Lipinski definition) is 0. The number of amides is 1. The molecule has 1 heterocycles. The molecule has 1 amide bonds. The van der Waals surface area contributed by atoms with Crippen LogP contribution in [0.25, 0.3) is 0 Å². The molecule has 1 fully saturated rings. The summed E-state index contributed by atoms with van der Waals surface area (Å²) in [4.78, 5) is 15.4. The standard InChI is InChI=1S/C19H14F3N3O2S/c1-11-17(26)25(14-4-3-12(10-23)16(9-14)19(20,21)22)18(28)24(11)13-5-7-15(27-2)8-6-13/h3-9,11H,1-2H3. The highest BCUT2D eigenvalue weighted by molar-refractivity contribution is 7.81. The molecule has 1 aliphatic rings. The zero-order chi connectivity index (χ0) is 20.6. The third-order valence-corrected chi connectivity index (χ3v) is 4.78. The van der Waals surface area contributed by atoms with E-state index in [1.807, 2.05) is 0 Å². The van der Waals surface area contributed by atoms with E-state index in [1.54, 1.807) is 36.1 Å².